The molecule has 1 aliphatic rings. The molecule has 1 fully saturated rings. The van der Waals surface area contributed by atoms with Crippen molar-refractivity contribution in [3.05, 3.63) is 24.3 Å². The van der Waals surface area contributed by atoms with Crippen LogP contribution < -0.4 is 16.2 Å². The van der Waals surface area contributed by atoms with Gasteiger partial charge >= 0.3 is 0 Å². The fourth-order valence-electron chi connectivity index (χ4n) is 2.32. The van der Waals surface area contributed by atoms with E-state index in [4.69, 9.17) is 16.2 Å². The molecule has 7 heteroatoms. The van der Waals surface area contributed by atoms with Gasteiger partial charge in [-0.2, -0.15) is 0 Å². The zero-order valence-electron chi connectivity index (χ0n) is 11.2. The second-order valence-corrected chi connectivity index (χ2v) is 7.27. The van der Waals surface area contributed by atoms with E-state index in [9.17, 15) is 13.2 Å². The summed E-state index contributed by atoms with van der Waals surface area (Å²) in [6, 6.07) is 6.27. The summed E-state index contributed by atoms with van der Waals surface area (Å²) in [7, 11) is -3.27. The van der Waals surface area contributed by atoms with E-state index in [1.54, 1.807) is 12.1 Å². The van der Waals surface area contributed by atoms with Crippen LogP contribution in [0.25, 0.3) is 0 Å². The maximum atomic E-state index is 11.5. The van der Waals surface area contributed by atoms with E-state index < -0.39 is 21.3 Å². The summed E-state index contributed by atoms with van der Waals surface area (Å²) in [5, 5.41) is 0. The van der Waals surface area contributed by atoms with Crippen molar-refractivity contribution in [2.24, 2.45) is 11.5 Å². The molecule has 1 aliphatic carbocycles. The van der Waals surface area contributed by atoms with Gasteiger partial charge in [-0.3, -0.25) is 4.79 Å². The van der Waals surface area contributed by atoms with Gasteiger partial charge in [0.05, 0.1) is 10.4 Å². The molecule has 0 aromatic heterocycles. The van der Waals surface area contributed by atoms with Crippen LogP contribution in [-0.2, 0) is 14.6 Å². The van der Waals surface area contributed by atoms with Crippen molar-refractivity contribution in [1.82, 2.24) is 0 Å². The monoisotopic (exact) mass is 298 g/mol. The molecule has 1 aromatic carbocycles. The summed E-state index contributed by atoms with van der Waals surface area (Å²) < 4.78 is 28.7. The summed E-state index contributed by atoms with van der Waals surface area (Å²) in [4.78, 5) is 11.5. The summed E-state index contributed by atoms with van der Waals surface area (Å²) in [6.07, 6.45) is 2.33. The quantitative estimate of drug-likeness (QED) is 0.824. The molecule has 0 bridgehead atoms. The van der Waals surface area contributed by atoms with Gasteiger partial charge in [0, 0.05) is 12.7 Å². The lowest BCUT2D eigenvalue weighted by molar-refractivity contribution is -0.123. The molecule has 2 rings (SSSR count). The van der Waals surface area contributed by atoms with Gasteiger partial charge in [-0.25, -0.2) is 8.42 Å². The summed E-state index contributed by atoms with van der Waals surface area (Å²) in [5.41, 5.74) is 10.1. The molecule has 110 valence electrons. The van der Waals surface area contributed by atoms with Gasteiger partial charge < -0.3 is 16.2 Å². The second kappa shape index (κ2) is 5.06. The Morgan fingerprint density at radius 1 is 1.45 bits per heavy atom. The van der Waals surface area contributed by atoms with E-state index in [-0.39, 0.29) is 11.0 Å². The summed E-state index contributed by atoms with van der Waals surface area (Å²) in [6.45, 7) is 0. The Morgan fingerprint density at radius 2 is 2.15 bits per heavy atom. The third-order valence-corrected chi connectivity index (χ3v) is 4.64. The highest BCUT2D eigenvalue weighted by molar-refractivity contribution is 7.90. The van der Waals surface area contributed by atoms with Crippen molar-refractivity contribution in [3.8, 4) is 5.75 Å². The van der Waals surface area contributed by atoms with Gasteiger partial charge in [-0.05, 0) is 31.0 Å². The number of carbonyl (C=O) groups is 1. The van der Waals surface area contributed by atoms with E-state index in [1.807, 2.05) is 0 Å². The number of hydrogen-bond acceptors (Lipinski definition) is 5. The van der Waals surface area contributed by atoms with Gasteiger partial charge in [0.1, 0.15) is 11.9 Å². The minimum absolute atomic E-state index is 0.196. The molecule has 0 heterocycles. The average Bonchev–Trinajstić information content (AvgIpc) is 2.72. The first-order chi connectivity index (χ1) is 9.21. The number of sulfone groups is 1. The van der Waals surface area contributed by atoms with Crippen LogP contribution in [0.5, 0.6) is 5.75 Å². The van der Waals surface area contributed by atoms with Crippen molar-refractivity contribution in [1.29, 1.82) is 0 Å². The van der Waals surface area contributed by atoms with Gasteiger partial charge in [0.2, 0.25) is 5.91 Å². The Hall–Kier alpha value is -1.60. The van der Waals surface area contributed by atoms with Crippen LogP contribution in [-0.4, -0.2) is 32.2 Å². The maximum absolute atomic E-state index is 11.5. The lowest BCUT2D eigenvalue weighted by Crippen LogP contribution is -2.50. The number of ether oxygens (including phenoxy) is 1. The molecule has 0 radical (unpaired) electrons. The molecular weight excluding hydrogens is 280 g/mol. The number of rotatable bonds is 4. The van der Waals surface area contributed by atoms with E-state index in [0.29, 0.717) is 25.0 Å². The Labute approximate surface area is 118 Å². The van der Waals surface area contributed by atoms with Crippen LogP contribution in [0.3, 0.4) is 0 Å². The lowest BCUT2D eigenvalue weighted by Gasteiger charge is -2.20. The molecule has 0 aliphatic heterocycles. The number of nitrogens with two attached hydrogens (primary N) is 2. The van der Waals surface area contributed by atoms with Gasteiger partial charge in [0.25, 0.3) is 0 Å². The molecule has 2 unspecified atom stereocenters. The maximum Gasteiger partial charge on any atom is 0.237 e. The van der Waals surface area contributed by atoms with E-state index in [0.717, 1.165) is 6.26 Å². The largest absolute Gasteiger partial charge is 0.490 e. The van der Waals surface area contributed by atoms with Gasteiger partial charge in [-0.1, -0.05) is 6.07 Å². The van der Waals surface area contributed by atoms with Crippen LogP contribution in [0.4, 0.5) is 0 Å². The number of primary amides is 1. The van der Waals surface area contributed by atoms with Crippen molar-refractivity contribution in [2.45, 2.75) is 35.8 Å². The molecule has 0 spiro atoms. The van der Waals surface area contributed by atoms with E-state index in [2.05, 4.69) is 0 Å². The summed E-state index contributed by atoms with van der Waals surface area (Å²) >= 11 is 0. The van der Waals surface area contributed by atoms with Crippen LogP contribution >= 0.6 is 0 Å². The molecular formula is C13H18N2O4S. The highest BCUT2D eigenvalue weighted by Crippen LogP contribution is 2.31. The standard InChI is InChI=1S/C13H18N2O4S/c1-20(17,18)11-4-2-3-9(7-11)19-10-5-6-13(15,8-10)12(14)16/h2-4,7,10H,5-6,8,15H2,1H3,(H2,14,16). The zero-order chi connectivity index (χ0) is 15.0. The lowest BCUT2D eigenvalue weighted by atomic mass is 9.99. The second-order valence-electron chi connectivity index (χ2n) is 5.25. The average molecular weight is 298 g/mol. The molecule has 2 atom stereocenters. The molecule has 1 aromatic rings. The third kappa shape index (κ3) is 3.10. The first kappa shape index (κ1) is 14.8. The topological polar surface area (TPSA) is 112 Å². The first-order valence-electron chi connectivity index (χ1n) is 6.26. The van der Waals surface area contributed by atoms with E-state index in [1.165, 1.54) is 12.1 Å². The minimum atomic E-state index is -3.27. The van der Waals surface area contributed by atoms with Crippen molar-refractivity contribution < 1.29 is 17.9 Å². The normalized spacial score (nSPS) is 26.4. The number of carbonyl (C=O) groups excluding carboxylic acids is 1. The highest BCUT2D eigenvalue weighted by Gasteiger charge is 2.41. The van der Waals surface area contributed by atoms with Crippen molar-refractivity contribution in [2.75, 3.05) is 6.26 Å². The van der Waals surface area contributed by atoms with Crippen LogP contribution in [0, 0.1) is 0 Å². The van der Waals surface area contributed by atoms with Gasteiger partial charge in [0.15, 0.2) is 9.84 Å². The Balaban J connectivity index is 2.11. The van der Waals surface area contributed by atoms with Crippen LogP contribution in [0.1, 0.15) is 19.3 Å². The molecule has 1 saturated carbocycles. The fourth-order valence-corrected chi connectivity index (χ4v) is 2.98. The SMILES string of the molecule is CS(=O)(=O)c1cccc(OC2CCC(N)(C(N)=O)C2)c1. The Morgan fingerprint density at radius 3 is 2.70 bits per heavy atom. The van der Waals surface area contributed by atoms with Crippen LogP contribution in [0.15, 0.2) is 29.2 Å². The predicted octanol–water partition coefficient (Wildman–Crippen LogP) is 0.204. The molecule has 20 heavy (non-hydrogen) atoms. The number of amides is 1. The van der Waals surface area contributed by atoms with Crippen molar-refractivity contribution >= 4 is 15.7 Å². The zero-order valence-corrected chi connectivity index (χ0v) is 12.0. The first-order valence-corrected chi connectivity index (χ1v) is 8.15. The van der Waals surface area contributed by atoms with E-state index >= 15 is 0 Å². The fraction of sp³-hybridized carbons (Fsp3) is 0.462. The van der Waals surface area contributed by atoms with Crippen molar-refractivity contribution in [3.63, 3.8) is 0 Å². The molecule has 0 saturated heterocycles. The Kier molecular flexibility index (Phi) is 3.75. The summed E-state index contributed by atoms with van der Waals surface area (Å²) in [5.74, 6) is -0.0832. The minimum Gasteiger partial charge on any atom is -0.490 e. The third-order valence-electron chi connectivity index (χ3n) is 3.53. The molecule has 4 N–H and O–H groups in total. The highest BCUT2D eigenvalue weighted by atomic mass is 32.2. The van der Waals surface area contributed by atoms with Gasteiger partial charge in [-0.15, -0.1) is 0 Å². The number of benzene rings is 1. The molecule has 6 nitrogen and oxygen atoms in total. The van der Waals surface area contributed by atoms with Crippen LogP contribution in [0.2, 0.25) is 0 Å². The predicted molar refractivity (Wildman–Crippen MR) is 73.9 cm³/mol. The molecule has 1 amide bonds. The smallest absolute Gasteiger partial charge is 0.237 e. The number of hydrogen-bond donors (Lipinski definition) is 2. The Bertz CT molecular complexity index is 629.